The lowest BCUT2D eigenvalue weighted by molar-refractivity contribution is -0.137. The van der Waals surface area contributed by atoms with Crippen molar-refractivity contribution in [2.45, 2.75) is 32.5 Å². The van der Waals surface area contributed by atoms with Crippen LogP contribution >= 0.6 is 11.3 Å². The quantitative estimate of drug-likeness (QED) is 0.908. The van der Waals surface area contributed by atoms with Crippen LogP contribution in [0.2, 0.25) is 0 Å². The fourth-order valence-corrected chi connectivity index (χ4v) is 3.27. The molecule has 0 saturated carbocycles. The van der Waals surface area contributed by atoms with Gasteiger partial charge >= 0.3 is 6.18 Å². The molecule has 0 aliphatic rings. The first-order valence-electron chi connectivity index (χ1n) is 6.61. The van der Waals surface area contributed by atoms with Crippen LogP contribution in [0.1, 0.15) is 39.7 Å². The van der Waals surface area contributed by atoms with Crippen molar-refractivity contribution in [3.63, 3.8) is 0 Å². The first-order chi connectivity index (χ1) is 9.81. The number of aromatic nitrogens is 1. The van der Waals surface area contributed by atoms with Crippen molar-refractivity contribution in [2.24, 2.45) is 0 Å². The molecule has 1 atom stereocenters. The number of thiazole rings is 1. The molecule has 1 heterocycles. The van der Waals surface area contributed by atoms with Crippen LogP contribution in [0, 0.1) is 6.92 Å². The van der Waals surface area contributed by atoms with Gasteiger partial charge < -0.3 is 5.32 Å². The smallest absolute Gasteiger partial charge is 0.312 e. The van der Waals surface area contributed by atoms with Gasteiger partial charge in [-0.3, -0.25) is 0 Å². The van der Waals surface area contributed by atoms with Crippen LogP contribution in [0.5, 0.6) is 0 Å². The van der Waals surface area contributed by atoms with E-state index < -0.39 is 11.7 Å². The van der Waals surface area contributed by atoms with Gasteiger partial charge in [0.2, 0.25) is 0 Å². The first kappa shape index (κ1) is 16.0. The molecule has 0 aliphatic carbocycles. The second-order valence-electron chi connectivity index (χ2n) is 4.94. The summed E-state index contributed by atoms with van der Waals surface area (Å²) in [5.41, 5.74) is 0.947. The number of aryl methyl sites for hydroxylation is 1. The second kappa shape index (κ2) is 6.15. The lowest BCUT2D eigenvalue weighted by Gasteiger charge is -2.08. The zero-order chi connectivity index (χ0) is 15.6. The van der Waals surface area contributed by atoms with Gasteiger partial charge in [-0.1, -0.05) is 18.2 Å². The molecule has 2 rings (SSSR count). The van der Waals surface area contributed by atoms with E-state index in [2.05, 4.69) is 10.3 Å². The average molecular weight is 314 g/mol. The van der Waals surface area contributed by atoms with Crippen LogP contribution in [0.15, 0.2) is 24.3 Å². The number of hydrogen-bond acceptors (Lipinski definition) is 3. The highest BCUT2D eigenvalue weighted by Crippen LogP contribution is 2.31. The topological polar surface area (TPSA) is 24.9 Å². The maximum Gasteiger partial charge on any atom is 0.416 e. The summed E-state index contributed by atoms with van der Waals surface area (Å²) in [4.78, 5) is 5.59. The van der Waals surface area contributed by atoms with Gasteiger partial charge in [0.1, 0.15) is 0 Å². The molecule has 0 saturated heterocycles. The number of nitrogens with zero attached hydrogens (tertiary/aromatic N) is 1. The molecule has 0 radical (unpaired) electrons. The molecule has 2 nitrogen and oxygen atoms in total. The summed E-state index contributed by atoms with van der Waals surface area (Å²) in [6.45, 7) is 3.96. The molecule has 1 N–H and O–H groups in total. The summed E-state index contributed by atoms with van der Waals surface area (Å²) in [7, 11) is 1.87. The highest BCUT2D eigenvalue weighted by atomic mass is 32.1. The summed E-state index contributed by atoms with van der Waals surface area (Å²) in [5, 5.41) is 3.99. The van der Waals surface area contributed by atoms with Gasteiger partial charge in [0.05, 0.1) is 16.3 Å². The highest BCUT2D eigenvalue weighted by Gasteiger charge is 2.30. The zero-order valence-corrected chi connectivity index (χ0v) is 12.9. The molecule has 0 spiro atoms. The number of hydrogen-bond donors (Lipinski definition) is 1. The zero-order valence-electron chi connectivity index (χ0n) is 12.1. The van der Waals surface area contributed by atoms with Crippen LogP contribution in [-0.4, -0.2) is 12.0 Å². The molecule has 0 bridgehead atoms. The number of rotatable bonds is 4. The molecule has 114 valence electrons. The minimum atomic E-state index is -4.30. The largest absolute Gasteiger partial charge is 0.416 e. The summed E-state index contributed by atoms with van der Waals surface area (Å²) in [6.07, 6.45) is -3.88. The third-order valence-corrected chi connectivity index (χ3v) is 4.65. The van der Waals surface area contributed by atoms with E-state index in [1.807, 2.05) is 20.9 Å². The van der Waals surface area contributed by atoms with Crippen LogP contribution in [0.25, 0.3) is 0 Å². The molecule has 0 aliphatic heterocycles. The molecule has 0 amide bonds. The van der Waals surface area contributed by atoms with E-state index in [1.54, 1.807) is 17.4 Å². The monoisotopic (exact) mass is 314 g/mol. The van der Waals surface area contributed by atoms with E-state index >= 15 is 0 Å². The Balaban J connectivity index is 2.23. The fourth-order valence-electron chi connectivity index (χ4n) is 2.11. The number of benzene rings is 1. The van der Waals surface area contributed by atoms with Crippen molar-refractivity contribution in [1.82, 2.24) is 10.3 Å². The van der Waals surface area contributed by atoms with Crippen LogP contribution < -0.4 is 5.32 Å². The molecule has 21 heavy (non-hydrogen) atoms. The molecular formula is C15H17F3N2S. The van der Waals surface area contributed by atoms with Crippen LogP contribution in [0.3, 0.4) is 0 Å². The van der Waals surface area contributed by atoms with Crippen molar-refractivity contribution < 1.29 is 13.2 Å². The summed E-state index contributed by atoms with van der Waals surface area (Å²) >= 11 is 1.55. The Kier molecular flexibility index (Phi) is 4.68. The van der Waals surface area contributed by atoms with Gasteiger partial charge in [0.15, 0.2) is 0 Å². The fraction of sp³-hybridized carbons (Fsp3) is 0.400. The number of halogens is 3. The van der Waals surface area contributed by atoms with Gasteiger partial charge in [-0.15, -0.1) is 11.3 Å². The Hall–Kier alpha value is -1.40. The second-order valence-corrected chi connectivity index (χ2v) is 6.06. The van der Waals surface area contributed by atoms with Crippen molar-refractivity contribution >= 4 is 11.3 Å². The average Bonchev–Trinajstić information content (AvgIpc) is 2.78. The lowest BCUT2D eigenvalue weighted by Crippen LogP contribution is -2.11. The maximum atomic E-state index is 12.7. The van der Waals surface area contributed by atoms with E-state index in [1.165, 1.54) is 12.1 Å². The van der Waals surface area contributed by atoms with Gasteiger partial charge in [-0.25, -0.2) is 4.98 Å². The van der Waals surface area contributed by atoms with Gasteiger partial charge in [-0.2, -0.15) is 13.2 Å². The lowest BCUT2D eigenvalue weighted by atomic mass is 10.1. The molecule has 6 heteroatoms. The summed E-state index contributed by atoms with van der Waals surface area (Å²) in [6, 6.07) is 5.61. The van der Waals surface area contributed by atoms with Crippen molar-refractivity contribution in [1.29, 1.82) is 0 Å². The van der Waals surface area contributed by atoms with E-state index in [4.69, 9.17) is 0 Å². The Labute approximate surface area is 126 Å². The van der Waals surface area contributed by atoms with E-state index in [0.29, 0.717) is 12.0 Å². The predicted octanol–water partition coefficient (Wildman–Crippen LogP) is 4.34. The van der Waals surface area contributed by atoms with Crippen molar-refractivity contribution in [2.75, 3.05) is 7.05 Å². The highest BCUT2D eigenvalue weighted by molar-refractivity contribution is 7.11. The molecule has 2 aromatic rings. The summed E-state index contributed by atoms with van der Waals surface area (Å²) < 4.78 is 38.1. The third-order valence-electron chi connectivity index (χ3n) is 3.31. The van der Waals surface area contributed by atoms with Gasteiger partial charge in [0.25, 0.3) is 0 Å². The van der Waals surface area contributed by atoms with Gasteiger partial charge in [0, 0.05) is 17.3 Å². The van der Waals surface area contributed by atoms with E-state index in [0.717, 1.165) is 21.6 Å². The standard InChI is InChI=1S/C15H17F3N2S/c1-9(19-3)14-10(2)20-13(21-14)8-11-5-4-6-12(7-11)15(16,17)18/h4-7,9,19H,8H2,1-3H3. The minimum Gasteiger partial charge on any atom is -0.312 e. The minimum absolute atomic E-state index is 0.192. The SMILES string of the molecule is CNC(C)c1sc(Cc2cccc(C(F)(F)F)c2)nc1C. The molecular weight excluding hydrogens is 297 g/mol. The number of alkyl halides is 3. The Bertz CT molecular complexity index is 620. The normalized spacial score (nSPS) is 13.4. The molecule has 0 fully saturated rings. The first-order valence-corrected chi connectivity index (χ1v) is 7.42. The Morgan fingerprint density at radius 2 is 2.05 bits per heavy atom. The molecule has 1 aromatic heterocycles. The summed E-state index contributed by atoms with van der Waals surface area (Å²) in [5.74, 6) is 0. The predicted molar refractivity (Wildman–Crippen MR) is 78.6 cm³/mol. The molecule has 1 unspecified atom stereocenters. The van der Waals surface area contributed by atoms with E-state index in [9.17, 15) is 13.2 Å². The van der Waals surface area contributed by atoms with Crippen LogP contribution in [-0.2, 0) is 12.6 Å². The maximum absolute atomic E-state index is 12.7. The van der Waals surface area contributed by atoms with Crippen LogP contribution in [0.4, 0.5) is 13.2 Å². The van der Waals surface area contributed by atoms with E-state index in [-0.39, 0.29) is 6.04 Å². The Morgan fingerprint density at radius 1 is 1.33 bits per heavy atom. The third kappa shape index (κ3) is 3.83. The van der Waals surface area contributed by atoms with Gasteiger partial charge in [-0.05, 0) is 32.5 Å². The van der Waals surface area contributed by atoms with Crippen molar-refractivity contribution in [3.05, 3.63) is 51.0 Å². The number of nitrogens with one attached hydrogen (secondary N) is 1. The Morgan fingerprint density at radius 3 is 2.67 bits per heavy atom. The van der Waals surface area contributed by atoms with Crippen molar-refractivity contribution in [3.8, 4) is 0 Å². The molecule has 1 aromatic carbocycles.